The molecule has 2 rings (SSSR count). The van der Waals surface area contributed by atoms with E-state index in [4.69, 9.17) is 0 Å². The molecule has 21 heavy (non-hydrogen) atoms. The lowest BCUT2D eigenvalue weighted by atomic mass is 10.2. The van der Waals surface area contributed by atoms with Crippen molar-refractivity contribution in [2.24, 2.45) is 7.05 Å². The zero-order valence-electron chi connectivity index (χ0n) is 11.7. The first-order valence-electron chi connectivity index (χ1n) is 6.38. The van der Waals surface area contributed by atoms with Crippen molar-refractivity contribution in [1.82, 2.24) is 15.1 Å². The highest BCUT2D eigenvalue weighted by Gasteiger charge is 2.30. The lowest BCUT2D eigenvalue weighted by molar-refractivity contribution is -0.274. The molecule has 0 atom stereocenters. The van der Waals surface area contributed by atoms with Crippen molar-refractivity contribution >= 4 is 0 Å². The van der Waals surface area contributed by atoms with Gasteiger partial charge < -0.3 is 10.1 Å². The van der Waals surface area contributed by atoms with Gasteiger partial charge in [0.2, 0.25) is 0 Å². The van der Waals surface area contributed by atoms with Gasteiger partial charge in [0.05, 0.1) is 6.20 Å². The number of nitrogens with zero attached hydrogens (tertiary/aromatic N) is 2. The highest BCUT2D eigenvalue weighted by atomic mass is 19.4. The second kappa shape index (κ2) is 6.17. The summed E-state index contributed by atoms with van der Waals surface area (Å²) in [7, 11) is 1.87. The summed E-state index contributed by atoms with van der Waals surface area (Å²) in [6, 6.07) is 5.81. The molecule has 0 saturated carbocycles. The van der Waals surface area contributed by atoms with Crippen LogP contribution in [0.4, 0.5) is 13.2 Å². The topological polar surface area (TPSA) is 39.1 Å². The van der Waals surface area contributed by atoms with E-state index in [-0.39, 0.29) is 5.75 Å². The molecule has 7 heteroatoms. The van der Waals surface area contributed by atoms with Gasteiger partial charge in [0.15, 0.2) is 0 Å². The van der Waals surface area contributed by atoms with Gasteiger partial charge in [-0.15, -0.1) is 13.2 Å². The van der Waals surface area contributed by atoms with Gasteiger partial charge in [0.25, 0.3) is 0 Å². The van der Waals surface area contributed by atoms with Crippen LogP contribution in [0.15, 0.2) is 30.5 Å². The molecule has 1 N–H and O–H groups in total. The van der Waals surface area contributed by atoms with Crippen LogP contribution >= 0.6 is 0 Å². The number of aromatic nitrogens is 2. The van der Waals surface area contributed by atoms with E-state index in [0.717, 1.165) is 16.8 Å². The SMILES string of the molecule is Cc1c(CNCc2ccc(OC(F)(F)F)cc2)cnn1C. The minimum atomic E-state index is -4.66. The minimum Gasteiger partial charge on any atom is -0.406 e. The first kappa shape index (κ1) is 15.4. The molecule has 0 aliphatic rings. The van der Waals surface area contributed by atoms with Crippen molar-refractivity contribution in [2.45, 2.75) is 26.4 Å². The maximum Gasteiger partial charge on any atom is 0.573 e. The van der Waals surface area contributed by atoms with Crippen LogP contribution in [-0.2, 0) is 20.1 Å². The van der Waals surface area contributed by atoms with E-state index < -0.39 is 6.36 Å². The molecule has 0 aliphatic carbocycles. The van der Waals surface area contributed by atoms with Crippen molar-refractivity contribution in [3.63, 3.8) is 0 Å². The summed E-state index contributed by atoms with van der Waals surface area (Å²) in [5.41, 5.74) is 3.05. The summed E-state index contributed by atoms with van der Waals surface area (Å²) in [5, 5.41) is 7.36. The minimum absolute atomic E-state index is 0.214. The van der Waals surface area contributed by atoms with Gasteiger partial charge >= 0.3 is 6.36 Å². The van der Waals surface area contributed by atoms with Gasteiger partial charge in [-0.25, -0.2) is 0 Å². The van der Waals surface area contributed by atoms with Crippen molar-refractivity contribution < 1.29 is 17.9 Å². The quantitative estimate of drug-likeness (QED) is 0.922. The van der Waals surface area contributed by atoms with Crippen LogP contribution in [-0.4, -0.2) is 16.1 Å². The van der Waals surface area contributed by atoms with E-state index in [9.17, 15) is 13.2 Å². The summed E-state index contributed by atoms with van der Waals surface area (Å²) in [6.45, 7) is 3.19. The maximum absolute atomic E-state index is 12.0. The summed E-state index contributed by atoms with van der Waals surface area (Å²) in [4.78, 5) is 0. The van der Waals surface area contributed by atoms with Crippen LogP contribution in [0.5, 0.6) is 5.75 Å². The standard InChI is InChI=1S/C14H16F3N3O/c1-10-12(9-19-20(10)2)8-18-7-11-3-5-13(6-4-11)21-14(15,16)17/h3-6,9,18H,7-8H2,1-2H3. The normalized spacial score (nSPS) is 11.7. The van der Waals surface area contributed by atoms with Gasteiger partial charge in [-0.05, 0) is 24.6 Å². The van der Waals surface area contributed by atoms with E-state index in [1.54, 1.807) is 23.0 Å². The molecule has 114 valence electrons. The lowest BCUT2D eigenvalue weighted by Crippen LogP contribution is -2.17. The molecule has 4 nitrogen and oxygen atoms in total. The summed E-state index contributed by atoms with van der Waals surface area (Å²) < 4.78 is 41.7. The fraction of sp³-hybridized carbons (Fsp3) is 0.357. The zero-order chi connectivity index (χ0) is 15.5. The van der Waals surface area contributed by atoms with Crippen molar-refractivity contribution in [3.05, 3.63) is 47.3 Å². The molecular weight excluding hydrogens is 283 g/mol. The smallest absolute Gasteiger partial charge is 0.406 e. The molecular formula is C14H16F3N3O. The molecule has 0 aliphatic heterocycles. The van der Waals surface area contributed by atoms with E-state index in [2.05, 4.69) is 15.2 Å². The van der Waals surface area contributed by atoms with Crippen LogP contribution in [0.3, 0.4) is 0 Å². The number of aryl methyl sites for hydroxylation is 1. The van der Waals surface area contributed by atoms with Gasteiger partial charge in [-0.1, -0.05) is 12.1 Å². The molecule has 2 aromatic rings. The third-order valence-electron chi connectivity index (χ3n) is 3.14. The first-order chi connectivity index (χ1) is 9.85. The largest absolute Gasteiger partial charge is 0.573 e. The Hall–Kier alpha value is -2.02. The van der Waals surface area contributed by atoms with Crippen LogP contribution < -0.4 is 10.1 Å². The van der Waals surface area contributed by atoms with E-state index in [0.29, 0.717) is 13.1 Å². The van der Waals surface area contributed by atoms with Crippen LogP contribution in [0, 0.1) is 6.92 Å². The molecule has 0 bridgehead atoms. The average molecular weight is 299 g/mol. The van der Waals surface area contributed by atoms with E-state index >= 15 is 0 Å². The Kier molecular flexibility index (Phi) is 4.52. The fourth-order valence-corrected chi connectivity index (χ4v) is 1.87. The van der Waals surface area contributed by atoms with Gasteiger partial charge in [0.1, 0.15) is 5.75 Å². The molecule has 0 radical (unpaired) electrons. The molecule has 0 unspecified atom stereocenters. The Morgan fingerprint density at radius 2 is 1.86 bits per heavy atom. The lowest BCUT2D eigenvalue weighted by Gasteiger charge is -2.09. The number of hydrogen-bond donors (Lipinski definition) is 1. The molecule has 1 aromatic carbocycles. The second-order valence-corrected chi connectivity index (χ2v) is 4.67. The number of hydrogen-bond acceptors (Lipinski definition) is 3. The van der Waals surface area contributed by atoms with Crippen molar-refractivity contribution in [2.75, 3.05) is 0 Å². The number of nitrogens with one attached hydrogen (secondary N) is 1. The molecule has 1 aromatic heterocycles. The number of ether oxygens (including phenoxy) is 1. The van der Waals surface area contributed by atoms with E-state index in [1.165, 1.54) is 12.1 Å². The number of rotatable bonds is 5. The molecule has 0 saturated heterocycles. The fourth-order valence-electron chi connectivity index (χ4n) is 1.87. The van der Waals surface area contributed by atoms with Crippen LogP contribution in [0.1, 0.15) is 16.8 Å². The predicted octanol–water partition coefficient (Wildman–Crippen LogP) is 2.92. The number of benzene rings is 1. The Morgan fingerprint density at radius 1 is 1.19 bits per heavy atom. The number of alkyl halides is 3. The second-order valence-electron chi connectivity index (χ2n) is 4.67. The molecule has 0 spiro atoms. The monoisotopic (exact) mass is 299 g/mol. The zero-order valence-corrected chi connectivity index (χ0v) is 11.7. The number of halogens is 3. The Balaban J connectivity index is 1.85. The van der Waals surface area contributed by atoms with Crippen molar-refractivity contribution in [3.8, 4) is 5.75 Å². The first-order valence-corrected chi connectivity index (χ1v) is 6.38. The van der Waals surface area contributed by atoms with Gasteiger partial charge in [0, 0.05) is 31.4 Å². The molecule has 0 fully saturated rings. The third kappa shape index (κ3) is 4.49. The average Bonchev–Trinajstić information content (AvgIpc) is 2.71. The summed E-state index contributed by atoms with van der Waals surface area (Å²) in [5.74, 6) is -0.214. The van der Waals surface area contributed by atoms with Gasteiger partial charge in [-0.2, -0.15) is 5.10 Å². The highest BCUT2D eigenvalue weighted by Crippen LogP contribution is 2.22. The highest BCUT2D eigenvalue weighted by molar-refractivity contribution is 5.27. The Morgan fingerprint density at radius 3 is 2.38 bits per heavy atom. The summed E-state index contributed by atoms with van der Waals surface area (Å²) >= 11 is 0. The molecule has 1 heterocycles. The van der Waals surface area contributed by atoms with Gasteiger partial charge in [-0.3, -0.25) is 4.68 Å². The Labute approximate surface area is 120 Å². The van der Waals surface area contributed by atoms with E-state index in [1.807, 2.05) is 14.0 Å². The summed E-state index contributed by atoms with van der Waals surface area (Å²) in [6.07, 6.45) is -2.86. The van der Waals surface area contributed by atoms with Crippen LogP contribution in [0.25, 0.3) is 0 Å². The van der Waals surface area contributed by atoms with Crippen LogP contribution in [0.2, 0.25) is 0 Å². The third-order valence-corrected chi connectivity index (χ3v) is 3.14. The predicted molar refractivity (Wildman–Crippen MR) is 71.6 cm³/mol. The van der Waals surface area contributed by atoms with Crippen molar-refractivity contribution in [1.29, 1.82) is 0 Å². The maximum atomic E-state index is 12.0. The Bertz CT molecular complexity index is 591. The molecule has 0 amide bonds.